The van der Waals surface area contributed by atoms with Crippen molar-refractivity contribution in [1.82, 2.24) is 0 Å². The fourth-order valence-electron chi connectivity index (χ4n) is 4.22. The van der Waals surface area contributed by atoms with E-state index < -0.39 is 14.2 Å². The Balaban J connectivity index is 1.85. The maximum absolute atomic E-state index is 9.70. The Morgan fingerprint density at radius 3 is 1.82 bits per heavy atom. The highest BCUT2D eigenvalue weighted by Gasteiger charge is 2.36. The van der Waals surface area contributed by atoms with Crippen molar-refractivity contribution in [3.8, 4) is 22.3 Å². The average molecular weight is 458 g/mol. The molecule has 2 unspecified atom stereocenters. The lowest BCUT2D eigenvalue weighted by molar-refractivity contribution is 0.0316. The maximum atomic E-state index is 9.70. The Bertz CT molecular complexity index is 1190. The van der Waals surface area contributed by atoms with Gasteiger partial charge in [0.1, 0.15) is 0 Å². The molecule has 0 aliphatic heterocycles. The van der Waals surface area contributed by atoms with Gasteiger partial charge in [0, 0.05) is 12.2 Å². The molecule has 4 nitrogen and oxygen atoms in total. The molecule has 178 valence electrons. The van der Waals surface area contributed by atoms with Crippen LogP contribution in [0.25, 0.3) is 33.0 Å². The molecule has 0 fully saturated rings. The van der Waals surface area contributed by atoms with Crippen LogP contribution in [0.5, 0.6) is 0 Å². The third-order valence-electron chi connectivity index (χ3n) is 7.35. The minimum absolute atomic E-state index is 0.0153. The standard InChI is InChI=1S/C28H36B2O4/c1-17(27(3,4)5)33-30(34-18(2)28(6,7)8)25-15-14-22-20-13-12-19(29(31)32)16-24(20)21-10-9-11-23(25)26(21)22/h9-18,31-32H,1-8H3. The van der Waals surface area contributed by atoms with E-state index >= 15 is 0 Å². The normalized spacial score (nSPS) is 14.8. The maximum Gasteiger partial charge on any atom is 0.494 e. The molecule has 1 aliphatic rings. The van der Waals surface area contributed by atoms with E-state index in [4.69, 9.17) is 9.31 Å². The monoisotopic (exact) mass is 458 g/mol. The van der Waals surface area contributed by atoms with Crippen LogP contribution in [-0.2, 0) is 9.31 Å². The van der Waals surface area contributed by atoms with Crippen molar-refractivity contribution in [3.05, 3.63) is 48.5 Å². The van der Waals surface area contributed by atoms with Crippen molar-refractivity contribution in [2.24, 2.45) is 10.8 Å². The van der Waals surface area contributed by atoms with E-state index in [0.717, 1.165) is 38.5 Å². The van der Waals surface area contributed by atoms with Crippen LogP contribution < -0.4 is 10.9 Å². The fraction of sp³-hybridized carbons (Fsp3) is 0.429. The number of benzene rings is 3. The molecule has 0 spiro atoms. The second kappa shape index (κ2) is 8.83. The highest BCUT2D eigenvalue weighted by Crippen LogP contribution is 2.46. The topological polar surface area (TPSA) is 58.9 Å². The van der Waals surface area contributed by atoms with E-state index in [9.17, 15) is 10.0 Å². The number of hydrogen-bond acceptors (Lipinski definition) is 4. The van der Waals surface area contributed by atoms with E-state index in [-0.39, 0.29) is 23.0 Å². The van der Waals surface area contributed by atoms with E-state index in [2.05, 4.69) is 85.7 Å². The predicted octanol–water partition coefficient (Wildman–Crippen LogP) is 4.76. The Kier molecular flexibility index (Phi) is 6.50. The van der Waals surface area contributed by atoms with E-state index in [1.165, 1.54) is 0 Å². The zero-order chi connectivity index (χ0) is 25.0. The van der Waals surface area contributed by atoms with Gasteiger partial charge >= 0.3 is 14.2 Å². The predicted molar refractivity (Wildman–Crippen MR) is 144 cm³/mol. The molecule has 34 heavy (non-hydrogen) atoms. The fourth-order valence-corrected chi connectivity index (χ4v) is 4.22. The summed E-state index contributed by atoms with van der Waals surface area (Å²) in [4.78, 5) is 0. The molecule has 0 saturated carbocycles. The van der Waals surface area contributed by atoms with E-state index in [0.29, 0.717) is 5.46 Å². The quantitative estimate of drug-likeness (QED) is 0.409. The van der Waals surface area contributed by atoms with Crippen LogP contribution in [0.15, 0.2) is 48.5 Å². The van der Waals surface area contributed by atoms with Crippen LogP contribution in [0.1, 0.15) is 55.4 Å². The molecule has 0 bridgehead atoms. The number of rotatable bonds is 6. The minimum atomic E-state index is -1.49. The highest BCUT2D eigenvalue weighted by atomic mass is 16.6. The van der Waals surface area contributed by atoms with Gasteiger partial charge in [0.05, 0.1) is 0 Å². The van der Waals surface area contributed by atoms with Crippen molar-refractivity contribution in [2.45, 2.75) is 67.6 Å². The summed E-state index contributed by atoms with van der Waals surface area (Å²) >= 11 is 0. The van der Waals surface area contributed by atoms with Gasteiger partial charge in [-0.05, 0) is 68.6 Å². The summed E-state index contributed by atoms with van der Waals surface area (Å²) in [5, 5.41) is 21.7. The molecular weight excluding hydrogens is 422 g/mol. The second-order valence-corrected chi connectivity index (χ2v) is 11.7. The molecule has 3 aromatic rings. The number of hydrogen-bond donors (Lipinski definition) is 2. The summed E-state index contributed by atoms with van der Waals surface area (Å²) in [6.07, 6.45) is -0.0306. The Morgan fingerprint density at radius 2 is 1.26 bits per heavy atom. The molecule has 3 aromatic carbocycles. The zero-order valence-electron chi connectivity index (χ0n) is 21.6. The van der Waals surface area contributed by atoms with Crippen molar-refractivity contribution in [3.63, 3.8) is 0 Å². The molecule has 0 heterocycles. The molecule has 4 rings (SSSR count). The SMILES string of the molecule is CC(OB(OC(C)C(C)(C)C)c1ccc2c3c(cccc13)-c1cc(B(O)O)ccc1-2)C(C)(C)C. The lowest BCUT2D eigenvalue weighted by atomic mass is 9.72. The third kappa shape index (κ3) is 4.57. The average Bonchev–Trinajstić information content (AvgIpc) is 3.07. The molecule has 0 saturated heterocycles. The Hall–Kier alpha value is -2.11. The molecule has 2 N–H and O–H groups in total. The minimum Gasteiger partial charge on any atom is -0.423 e. The van der Waals surface area contributed by atoms with Gasteiger partial charge in [-0.2, -0.15) is 0 Å². The summed E-state index contributed by atoms with van der Waals surface area (Å²) in [5.74, 6) is 0. The van der Waals surface area contributed by atoms with Gasteiger partial charge < -0.3 is 19.4 Å². The van der Waals surface area contributed by atoms with Crippen LogP contribution in [0.4, 0.5) is 0 Å². The first-order valence-electron chi connectivity index (χ1n) is 12.2. The van der Waals surface area contributed by atoms with Gasteiger partial charge in [0.15, 0.2) is 0 Å². The van der Waals surface area contributed by atoms with Crippen molar-refractivity contribution >= 4 is 35.9 Å². The smallest absolute Gasteiger partial charge is 0.423 e. The Morgan fingerprint density at radius 1 is 0.706 bits per heavy atom. The van der Waals surface area contributed by atoms with Crippen molar-refractivity contribution < 1.29 is 19.4 Å². The van der Waals surface area contributed by atoms with Crippen LogP contribution in [-0.4, -0.2) is 36.5 Å². The van der Waals surface area contributed by atoms with Crippen LogP contribution >= 0.6 is 0 Å². The summed E-state index contributed by atoms with van der Waals surface area (Å²) in [5.41, 5.74) is 5.82. The first-order chi connectivity index (χ1) is 15.8. The third-order valence-corrected chi connectivity index (χ3v) is 7.35. The van der Waals surface area contributed by atoms with Crippen LogP contribution in [0.3, 0.4) is 0 Å². The molecule has 0 aromatic heterocycles. The van der Waals surface area contributed by atoms with Gasteiger partial charge in [0.25, 0.3) is 0 Å². The van der Waals surface area contributed by atoms with E-state index in [1.54, 1.807) is 6.07 Å². The van der Waals surface area contributed by atoms with E-state index in [1.807, 2.05) is 12.1 Å². The molecule has 0 amide bonds. The molecule has 0 radical (unpaired) electrons. The van der Waals surface area contributed by atoms with Gasteiger partial charge in [-0.1, -0.05) is 90.1 Å². The molecular formula is C28H36B2O4. The van der Waals surface area contributed by atoms with Crippen LogP contribution in [0, 0.1) is 10.8 Å². The molecule has 6 heteroatoms. The lowest BCUT2D eigenvalue weighted by Gasteiger charge is -2.34. The highest BCUT2D eigenvalue weighted by molar-refractivity contribution is 6.65. The summed E-state index contributed by atoms with van der Waals surface area (Å²) in [6, 6.07) is 16.2. The van der Waals surface area contributed by atoms with Crippen molar-refractivity contribution in [1.29, 1.82) is 0 Å². The molecule has 1 aliphatic carbocycles. The Labute approximate surface area is 204 Å². The van der Waals surface area contributed by atoms with Gasteiger partial charge in [0.2, 0.25) is 0 Å². The second-order valence-electron chi connectivity index (χ2n) is 11.7. The van der Waals surface area contributed by atoms with Gasteiger partial charge in [-0.15, -0.1) is 0 Å². The zero-order valence-corrected chi connectivity index (χ0v) is 21.6. The van der Waals surface area contributed by atoms with Crippen LogP contribution in [0.2, 0.25) is 0 Å². The summed E-state index contributed by atoms with van der Waals surface area (Å²) < 4.78 is 13.2. The lowest BCUT2D eigenvalue weighted by Crippen LogP contribution is -2.47. The van der Waals surface area contributed by atoms with Gasteiger partial charge in [-0.25, -0.2) is 0 Å². The number of fused-ring (bicyclic) bond motifs is 3. The summed E-state index contributed by atoms with van der Waals surface area (Å²) in [7, 11) is -2.00. The van der Waals surface area contributed by atoms with Crippen molar-refractivity contribution in [2.75, 3.05) is 0 Å². The first kappa shape index (κ1) is 25.0. The molecule has 2 atom stereocenters. The summed E-state index contributed by atoms with van der Waals surface area (Å²) in [6.45, 7) is 17.3. The van der Waals surface area contributed by atoms with Gasteiger partial charge in [-0.3, -0.25) is 0 Å². The largest absolute Gasteiger partial charge is 0.494 e. The first-order valence-corrected chi connectivity index (χ1v) is 12.2.